The van der Waals surface area contributed by atoms with Gasteiger partial charge in [0, 0.05) is 23.6 Å². The van der Waals surface area contributed by atoms with Crippen LogP contribution in [0.15, 0.2) is 21.8 Å². The Morgan fingerprint density at radius 2 is 2.06 bits per heavy atom. The Kier molecular flexibility index (Phi) is 7.51. The van der Waals surface area contributed by atoms with Gasteiger partial charge in [0.2, 0.25) is 0 Å². The third-order valence-electron chi connectivity index (χ3n) is 4.54. The maximum atomic E-state index is 13.1. The molecule has 2 unspecified atom stereocenters. The molecule has 0 spiro atoms. The quantitative estimate of drug-likeness (QED) is 0.230. The third kappa shape index (κ3) is 5.50. The summed E-state index contributed by atoms with van der Waals surface area (Å²) in [5, 5.41) is 7.57. The van der Waals surface area contributed by atoms with Crippen LogP contribution < -0.4 is 11.1 Å². The summed E-state index contributed by atoms with van der Waals surface area (Å²) < 4.78 is 10.5. The van der Waals surface area contributed by atoms with E-state index in [2.05, 4.69) is 15.5 Å². The van der Waals surface area contributed by atoms with Gasteiger partial charge < -0.3 is 25.4 Å². The van der Waals surface area contributed by atoms with Gasteiger partial charge in [-0.05, 0) is 20.8 Å². The molecule has 12 nitrogen and oxygen atoms in total. The number of aromatic nitrogens is 1. The molecular weight excluding hydrogens is 486 g/mol. The second-order valence-electron chi connectivity index (χ2n) is 8.29. The molecule has 3 rings (SSSR count). The SMILES string of the molecule is CO/N=C(\C(=O)NC1C(=O)N2C(C(=O)OC(C)(C)C)=C(COC(C)=O)CSC12)c1csc(N)n1. The minimum Gasteiger partial charge on any atom is -0.461 e. The molecule has 2 amide bonds. The average Bonchev–Trinajstić information content (AvgIpc) is 3.17. The van der Waals surface area contributed by atoms with Crippen LogP contribution in [0, 0.1) is 0 Å². The fourth-order valence-corrected chi connectivity index (χ4v) is 5.07. The summed E-state index contributed by atoms with van der Waals surface area (Å²) >= 11 is 2.45. The van der Waals surface area contributed by atoms with E-state index in [0.717, 1.165) is 11.3 Å². The molecule has 3 heterocycles. The molecule has 2 aliphatic heterocycles. The summed E-state index contributed by atoms with van der Waals surface area (Å²) in [5.41, 5.74) is 5.37. The standard InChI is InChI=1S/C20H25N5O7S2/c1-9(26)31-6-10-7-33-17-13(16(28)25(17)14(10)18(29)32-20(2,3)4)23-15(27)12(24-30-5)11-8-34-19(21)22-11/h8,13,17H,6-7H2,1-5H3,(H2,21,22)(H,23,27)/b24-12-. The van der Waals surface area contributed by atoms with Crippen molar-refractivity contribution in [3.63, 3.8) is 0 Å². The predicted octanol–water partition coefficient (Wildman–Crippen LogP) is 0.635. The molecule has 0 bridgehead atoms. The molecule has 14 heteroatoms. The summed E-state index contributed by atoms with van der Waals surface area (Å²) in [6.07, 6.45) is 0. The van der Waals surface area contributed by atoms with Crippen LogP contribution in [0.3, 0.4) is 0 Å². The molecule has 2 aliphatic rings. The van der Waals surface area contributed by atoms with Crippen molar-refractivity contribution in [3.8, 4) is 0 Å². The Morgan fingerprint density at radius 1 is 1.35 bits per heavy atom. The lowest BCUT2D eigenvalue weighted by Gasteiger charge is -2.49. The lowest BCUT2D eigenvalue weighted by atomic mass is 10.0. The monoisotopic (exact) mass is 511 g/mol. The summed E-state index contributed by atoms with van der Waals surface area (Å²) in [5.74, 6) is -2.13. The number of thioether (sulfide) groups is 1. The van der Waals surface area contributed by atoms with E-state index >= 15 is 0 Å². The van der Waals surface area contributed by atoms with Crippen LogP contribution in [-0.2, 0) is 33.5 Å². The van der Waals surface area contributed by atoms with Gasteiger partial charge in [0.15, 0.2) is 10.8 Å². The summed E-state index contributed by atoms with van der Waals surface area (Å²) in [4.78, 5) is 60.2. The molecule has 0 saturated carbocycles. The second-order valence-corrected chi connectivity index (χ2v) is 10.3. The van der Waals surface area contributed by atoms with E-state index in [4.69, 9.17) is 20.0 Å². The number of hydrogen-bond donors (Lipinski definition) is 2. The van der Waals surface area contributed by atoms with Crippen molar-refractivity contribution in [1.29, 1.82) is 0 Å². The van der Waals surface area contributed by atoms with Gasteiger partial charge in [0.1, 0.15) is 42.1 Å². The zero-order chi connectivity index (χ0) is 25.2. The van der Waals surface area contributed by atoms with E-state index in [1.54, 1.807) is 26.2 Å². The Labute approximate surface area is 203 Å². The minimum absolute atomic E-state index is 0.0217. The highest BCUT2D eigenvalue weighted by molar-refractivity contribution is 8.00. The van der Waals surface area contributed by atoms with Crippen molar-refractivity contribution < 1.29 is 33.5 Å². The number of thiazole rings is 1. The molecular formula is C20H25N5O7S2. The average molecular weight is 512 g/mol. The van der Waals surface area contributed by atoms with E-state index in [0.29, 0.717) is 11.3 Å². The number of hydrogen-bond acceptors (Lipinski definition) is 12. The first kappa shape index (κ1) is 25.5. The van der Waals surface area contributed by atoms with Gasteiger partial charge in [-0.3, -0.25) is 19.3 Å². The normalized spacial score (nSPS) is 20.3. The van der Waals surface area contributed by atoms with E-state index in [1.165, 1.54) is 30.7 Å². The smallest absolute Gasteiger partial charge is 0.355 e. The second kappa shape index (κ2) is 10.0. The van der Waals surface area contributed by atoms with Crippen molar-refractivity contribution in [3.05, 3.63) is 22.3 Å². The predicted molar refractivity (Wildman–Crippen MR) is 125 cm³/mol. The number of nitrogens with two attached hydrogens (primary N) is 1. The number of nitrogens with zero attached hydrogens (tertiary/aromatic N) is 3. The maximum Gasteiger partial charge on any atom is 0.355 e. The minimum atomic E-state index is -0.928. The first-order valence-corrected chi connectivity index (χ1v) is 12.0. The van der Waals surface area contributed by atoms with Crippen LogP contribution in [0.5, 0.6) is 0 Å². The van der Waals surface area contributed by atoms with Crippen molar-refractivity contribution in [2.24, 2.45) is 5.16 Å². The largest absolute Gasteiger partial charge is 0.461 e. The fraction of sp³-hybridized carbons (Fsp3) is 0.500. The summed E-state index contributed by atoms with van der Waals surface area (Å²) in [6.45, 7) is 6.21. The molecule has 0 radical (unpaired) electrons. The molecule has 1 fully saturated rings. The Hall–Kier alpha value is -3.13. The van der Waals surface area contributed by atoms with Crippen molar-refractivity contribution >= 4 is 57.7 Å². The van der Waals surface area contributed by atoms with Crippen LogP contribution in [0.2, 0.25) is 0 Å². The molecule has 2 atom stereocenters. The van der Waals surface area contributed by atoms with Crippen LogP contribution in [0.4, 0.5) is 5.13 Å². The van der Waals surface area contributed by atoms with Crippen LogP contribution in [0.25, 0.3) is 0 Å². The molecule has 34 heavy (non-hydrogen) atoms. The Balaban J connectivity index is 1.83. The van der Waals surface area contributed by atoms with Gasteiger partial charge in [0.05, 0.1) is 0 Å². The number of carbonyl (C=O) groups excluding carboxylic acids is 4. The van der Waals surface area contributed by atoms with Crippen molar-refractivity contribution in [2.75, 3.05) is 25.2 Å². The molecule has 1 aromatic rings. The number of esters is 2. The maximum absolute atomic E-state index is 13.1. The fourth-order valence-electron chi connectivity index (χ4n) is 3.20. The topological polar surface area (TPSA) is 163 Å². The highest BCUT2D eigenvalue weighted by Gasteiger charge is 2.55. The first-order valence-electron chi connectivity index (χ1n) is 10.1. The molecule has 0 aliphatic carbocycles. The van der Waals surface area contributed by atoms with Gasteiger partial charge in [-0.2, -0.15) is 0 Å². The van der Waals surface area contributed by atoms with Crippen molar-refractivity contribution in [2.45, 2.75) is 44.7 Å². The number of β-lactam (4-membered cyclic amide) rings is 1. The van der Waals surface area contributed by atoms with Gasteiger partial charge in [-0.1, -0.05) is 5.16 Å². The zero-order valence-corrected chi connectivity index (χ0v) is 20.9. The van der Waals surface area contributed by atoms with E-state index in [-0.39, 0.29) is 28.8 Å². The van der Waals surface area contributed by atoms with Gasteiger partial charge in [-0.15, -0.1) is 23.1 Å². The lowest BCUT2D eigenvalue weighted by Crippen LogP contribution is -2.71. The molecule has 0 aromatic carbocycles. The van der Waals surface area contributed by atoms with E-state index < -0.39 is 40.8 Å². The van der Waals surface area contributed by atoms with Crippen LogP contribution in [-0.4, -0.2) is 75.8 Å². The number of carbonyl (C=O) groups is 4. The number of fused-ring (bicyclic) bond motifs is 1. The highest BCUT2D eigenvalue weighted by Crippen LogP contribution is 2.41. The number of anilines is 1. The molecule has 1 aromatic heterocycles. The summed E-state index contributed by atoms with van der Waals surface area (Å²) in [6, 6.07) is -0.928. The van der Waals surface area contributed by atoms with Gasteiger partial charge in [0.25, 0.3) is 11.8 Å². The van der Waals surface area contributed by atoms with E-state index in [9.17, 15) is 19.2 Å². The zero-order valence-electron chi connectivity index (χ0n) is 19.2. The molecule has 1 saturated heterocycles. The molecule has 184 valence electrons. The van der Waals surface area contributed by atoms with Gasteiger partial charge >= 0.3 is 11.9 Å². The number of rotatable bonds is 7. The van der Waals surface area contributed by atoms with Crippen LogP contribution in [0.1, 0.15) is 33.4 Å². The van der Waals surface area contributed by atoms with Crippen LogP contribution >= 0.6 is 23.1 Å². The molecule has 3 N–H and O–H groups in total. The number of oxime groups is 1. The Bertz CT molecular complexity index is 1080. The third-order valence-corrected chi connectivity index (χ3v) is 6.55. The first-order chi connectivity index (χ1) is 15.9. The lowest BCUT2D eigenvalue weighted by molar-refractivity contribution is -0.159. The number of ether oxygens (including phenoxy) is 2. The summed E-state index contributed by atoms with van der Waals surface area (Å²) in [7, 11) is 1.28. The number of nitrogen functional groups attached to an aromatic ring is 1. The van der Waals surface area contributed by atoms with Crippen molar-refractivity contribution in [1.82, 2.24) is 15.2 Å². The van der Waals surface area contributed by atoms with E-state index in [1.807, 2.05) is 0 Å². The Morgan fingerprint density at radius 3 is 2.62 bits per heavy atom. The number of nitrogens with one attached hydrogen (secondary N) is 1. The van der Waals surface area contributed by atoms with Gasteiger partial charge in [-0.25, -0.2) is 9.78 Å². The number of amides is 2. The highest BCUT2D eigenvalue weighted by atomic mass is 32.2.